The smallest absolute Gasteiger partial charge is 0.0768 e. The van der Waals surface area contributed by atoms with Crippen LogP contribution in [0.15, 0.2) is 0 Å². The number of aliphatic hydroxyl groups excluding tert-OH is 1. The van der Waals surface area contributed by atoms with Gasteiger partial charge in [0.2, 0.25) is 0 Å². The Balaban J connectivity index is 3.87. The molecule has 0 bridgehead atoms. The standard InChI is InChI=1S/C9H20N2O2S/c1-8(9(10)14)7-11(3-5-12)4-6-13-2/h8,12H,3-7H2,1-2H3,(H2,10,14). The highest BCUT2D eigenvalue weighted by molar-refractivity contribution is 7.80. The number of methoxy groups -OCH3 is 1. The van der Waals surface area contributed by atoms with Crippen molar-refractivity contribution in [1.82, 2.24) is 4.90 Å². The first-order valence-electron chi connectivity index (χ1n) is 4.73. The van der Waals surface area contributed by atoms with E-state index in [-0.39, 0.29) is 12.5 Å². The molecule has 0 aromatic carbocycles. The molecule has 0 aromatic heterocycles. The molecule has 0 saturated carbocycles. The largest absolute Gasteiger partial charge is 0.395 e. The lowest BCUT2D eigenvalue weighted by molar-refractivity contribution is 0.127. The molecule has 84 valence electrons. The van der Waals surface area contributed by atoms with Crippen LogP contribution in [0.3, 0.4) is 0 Å². The lowest BCUT2D eigenvalue weighted by atomic mass is 10.1. The van der Waals surface area contributed by atoms with Crippen LogP contribution in [0.5, 0.6) is 0 Å². The summed E-state index contributed by atoms with van der Waals surface area (Å²) in [5.41, 5.74) is 5.52. The second-order valence-electron chi connectivity index (χ2n) is 3.32. The van der Waals surface area contributed by atoms with Gasteiger partial charge in [0.05, 0.1) is 18.2 Å². The van der Waals surface area contributed by atoms with Gasteiger partial charge in [-0.3, -0.25) is 4.90 Å². The van der Waals surface area contributed by atoms with Crippen molar-refractivity contribution in [2.45, 2.75) is 6.92 Å². The molecule has 0 saturated heterocycles. The van der Waals surface area contributed by atoms with Crippen LogP contribution < -0.4 is 5.73 Å². The number of nitrogens with two attached hydrogens (primary N) is 1. The molecule has 0 fully saturated rings. The van der Waals surface area contributed by atoms with E-state index in [2.05, 4.69) is 4.90 Å². The van der Waals surface area contributed by atoms with Crippen molar-refractivity contribution < 1.29 is 9.84 Å². The Labute approximate surface area is 91.0 Å². The molecule has 5 heteroatoms. The van der Waals surface area contributed by atoms with Crippen molar-refractivity contribution in [3.8, 4) is 0 Å². The minimum atomic E-state index is 0.147. The average Bonchev–Trinajstić information content (AvgIpc) is 2.14. The predicted molar refractivity (Wildman–Crippen MR) is 61.4 cm³/mol. The molecule has 0 aliphatic heterocycles. The molecule has 0 radical (unpaired) electrons. The molecule has 1 atom stereocenters. The van der Waals surface area contributed by atoms with Crippen LogP contribution in [0, 0.1) is 5.92 Å². The maximum absolute atomic E-state index is 8.84. The second-order valence-corrected chi connectivity index (χ2v) is 3.79. The highest BCUT2D eigenvalue weighted by Gasteiger charge is 2.11. The van der Waals surface area contributed by atoms with E-state index in [1.54, 1.807) is 7.11 Å². The Morgan fingerprint density at radius 1 is 1.57 bits per heavy atom. The van der Waals surface area contributed by atoms with Gasteiger partial charge < -0.3 is 15.6 Å². The molecule has 4 nitrogen and oxygen atoms in total. The summed E-state index contributed by atoms with van der Waals surface area (Å²) < 4.78 is 4.97. The quantitative estimate of drug-likeness (QED) is 0.557. The van der Waals surface area contributed by atoms with Crippen molar-refractivity contribution in [2.24, 2.45) is 11.7 Å². The molecule has 0 aliphatic carbocycles. The van der Waals surface area contributed by atoms with E-state index in [1.165, 1.54) is 0 Å². The first-order valence-corrected chi connectivity index (χ1v) is 5.14. The summed E-state index contributed by atoms with van der Waals surface area (Å²) in [5.74, 6) is 0.174. The average molecular weight is 220 g/mol. The fourth-order valence-electron chi connectivity index (χ4n) is 1.13. The molecule has 0 aromatic rings. The SMILES string of the molecule is COCCN(CCO)CC(C)C(N)=S. The third-order valence-corrected chi connectivity index (χ3v) is 2.45. The zero-order valence-corrected chi connectivity index (χ0v) is 9.72. The van der Waals surface area contributed by atoms with E-state index in [1.807, 2.05) is 6.92 Å². The lowest BCUT2D eigenvalue weighted by Gasteiger charge is -2.23. The third kappa shape index (κ3) is 6.26. The Hall–Kier alpha value is -0.230. The predicted octanol–water partition coefficient (Wildman–Crippen LogP) is -0.151. The summed E-state index contributed by atoms with van der Waals surface area (Å²) in [6.07, 6.45) is 0. The Morgan fingerprint density at radius 3 is 2.64 bits per heavy atom. The van der Waals surface area contributed by atoms with Crippen LogP contribution in [0.1, 0.15) is 6.92 Å². The normalized spacial score (nSPS) is 13.1. The zero-order valence-electron chi connectivity index (χ0n) is 8.90. The molecule has 0 rings (SSSR count). The monoisotopic (exact) mass is 220 g/mol. The summed E-state index contributed by atoms with van der Waals surface area (Å²) in [7, 11) is 1.66. The van der Waals surface area contributed by atoms with E-state index in [0.717, 1.165) is 13.1 Å². The Kier molecular flexibility index (Phi) is 7.98. The second kappa shape index (κ2) is 8.11. The molecule has 0 spiro atoms. The van der Waals surface area contributed by atoms with Crippen LogP contribution in [0.4, 0.5) is 0 Å². The van der Waals surface area contributed by atoms with Crippen LogP contribution >= 0.6 is 12.2 Å². The van der Waals surface area contributed by atoms with E-state index < -0.39 is 0 Å². The van der Waals surface area contributed by atoms with Crippen molar-refractivity contribution >= 4 is 17.2 Å². The lowest BCUT2D eigenvalue weighted by Crippen LogP contribution is -2.37. The van der Waals surface area contributed by atoms with E-state index >= 15 is 0 Å². The van der Waals surface area contributed by atoms with Gasteiger partial charge in [0.25, 0.3) is 0 Å². The van der Waals surface area contributed by atoms with Gasteiger partial charge in [-0.15, -0.1) is 0 Å². The molecule has 0 aliphatic rings. The van der Waals surface area contributed by atoms with Gasteiger partial charge in [-0.1, -0.05) is 19.1 Å². The van der Waals surface area contributed by atoms with E-state index in [4.69, 9.17) is 27.8 Å². The molecule has 1 unspecified atom stereocenters. The Bertz CT molecular complexity index is 167. The van der Waals surface area contributed by atoms with Gasteiger partial charge in [-0.2, -0.15) is 0 Å². The number of rotatable bonds is 8. The van der Waals surface area contributed by atoms with Crippen LogP contribution in [-0.4, -0.2) is 55.0 Å². The first kappa shape index (κ1) is 13.8. The van der Waals surface area contributed by atoms with Crippen LogP contribution in [0.2, 0.25) is 0 Å². The van der Waals surface area contributed by atoms with Crippen molar-refractivity contribution in [1.29, 1.82) is 0 Å². The minimum absolute atomic E-state index is 0.147. The summed E-state index contributed by atoms with van der Waals surface area (Å²) >= 11 is 4.89. The fourth-order valence-corrected chi connectivity index (χ4v) is 1.21. The van der Waals surface area contributed by atoms with E-state index in [9.17, 15) is 0 Å². The molecule has 0 heterocycles. The van der Waals surface area contributed by atoms with Crippen molar-refractivity contribution in [2.75, 3.05) is 40.0 Å². The number of nitrogens with zero attached hydrogens (tertiary/aromatic N) is 1. The first-order chi connectivity index (χ1) is 6.61. The highest BCUT2D eigenvalue weighted by Crippen LogP contribution is 2.00. The zero-order chi connectivity index (χ0) is 11.0. The van der Waals surface area contributed by atoms with Gasteiger partial charge in [-0.05, 0) is 0 Å². The summed E-state index contributed by atoms with van der Waals surface area (Å²) in [6, 6.07) is 0. The van der Waals surface area contributed by atoms with Gasteiger partial charge in [0.15, 0.2) is 0 Å². The maximum Gasteiger partial charge on any atom is 0.0768 e. The summed E-state index contributed by atoms with van der Waals surface area (Å²) in [5, 5.41) is 8.84. The van der Waals surface area contributed by atoms with E-state index in [0.29, 0.717) is 18.1 Å². The summed E-state index contributed by atoms with van der Waals surface area (Å²) in [4.78, 5) is 2.61. The number of hydrogen-bond donors (Lipinski definition) is 2. The van der Waals surface area contributed by atoms with Crippen LogP contribution in [-0.2, 0) is 4.74 Å². The number of thiocarbonyl (C=S) groups is 1. The number of ether oxygens (including phenoxy) is 1. The molecular weight excluding hydrogens is 200 g/mol. The molecular formula is C9H20N2O2S. The maximum atomic E-state index is 8.84. The van der Waals surface area contributed by atoms with Gasteiger partial charge in [0, 0.05) is 32.7 Å². The molecule has 14 heavy (non-hydrogen) atoms. The fraction of sp³-hybridized carbons (Fsp3) is 0.889. The minimum Gasteiger partial charge on any atom is -0.395 e. The van der Waals surface area contributed by atoms with Gasteiger partial charge >= 0.3 is 0 Å². The third-order valence-electron chi connectivity index (χ3n) is 2.05. The molecule has 3 N–H and O–H groups in total. The highest BCUT2D eigenvalue weighted by atomic mass is 32.1. The van der Waals surface area contributed by atoms with Crippen molar-refractivity contribution in [3.63, 3.8) is 0 Å². The van der Waals surface area contributed by atoms with Crippen molar-refractivity contribution in [3.05, 3.63) is 0 Å². The van der Waals surface area contributed by atoms with Gasteiger partial charge in [0.1, 0.15) is 0 Å². The number of hydrogen-bond acceptors (Lipinski definition) is 4. The van der Waals surface area contributed by atoms with Gasteiger partial charge in [-0.25, -0.2) is 0 Å². The number of aliphatic hydroxyl groups is 1. The van der Waals surface area contributed by atoms with Crippen LogP contribution in [0.25, 0.3) is 0 Å². The summed E-state index contributed by atoms with van der Waals surface area (Å²) in [6.45, 7) is 5.00. The topological polar surface area (TPSA) is 58.7 Å². The Morgan fingerprint density at radius 2 is 2.21 bits per heavy atom. The molecule has 0 amide bonds.